The second-order valence-corrected chi connectivity index (χ2v) is 5.05. The molecule has 0 atom stereocenters. The minimum Gasteiger partial charge on any atom is -0.492 e. The van der Waals surface area contributed by atoms with Crippen molar-refractivity contribution in [2.75, 3.05) is 20.3 Å². The van der Waals surface area contributed by atoms with E-state index in [0.717, 1.165) is 11.3 Å². The van der Waals surface area contributed by atoms with Gasteiger partial charge in [0.15, 0.2) is 0 Å². The molecule has 0 radical (unpaired) electrons. The minimum absolute atomic E-state index is 0.100. The molecule has 4 nitrogen and oxygen atoms in total. The van der Waals surface area contributed by atoms with Gasteiger partial charge in [0.2, 0.25) is 0 Å². The van der Waals surface area contributed by atoms with Crippen LogP contribution in [0.4, 0.5) is 0 Å². The molecule has 0 unspecified atom stereocenters. The van der Waals surface area contributed by atoms with E-state index in [9.17, 15) is 4.79 Å². The maximum atomic E-state index is 12.0. The molecular weight excluding hydrogens is 278 g/mol. The van der Waals surface area contributed by atoms with Gasteiger partial charge in [0.1, 0.15) is 12.4 Å². The first kappa shape index (κ1) is 16.0. The number of carbonyl (C=O) groups excluding carboxylic acids is 1. The van der Waals surface area contributed by atoms with E-state index in [-0.39, 0.29) is 5.91 Å². The summed E-state index contributed by atoms with van der Waals surface area (Å²) < 4.78 is 10.6. The van der Waals surface area contributed by atoms with E-state index in [4.69, 9.17) is 9.47 Å². The average molecular weight is 299 g/mol. The Hall–Kier alpha value is -2.33. The molecule has 2 rings (SSSR count). The Kier molecular flexibility index (Phi) is 5.98. The lowest BCUT2D eigenvalue weighted by molar-refractivity contribution is 0.0947. The summed E-state index contributed by atoms with van der Waals surface area (Å²) in [5.74, 6) is 0.709. The zero-order valence-corrected chi connectivity index (χ0v) is 13.0. The number of nitrogens with one attached hydrogen (secondary N) is 1. The van der Waals surface area contributed by atoms with Crippen LogP contribution < -0.4 is 10.1 Å². The monoisotopic (exact) mass is 299 g/mol. The van der Waals surface area contributed by atoms with Gasteiger partial charge < -0.3 is 14.8 Å². The second-order valence-electron chi connectivity index (χ2n) is 5.05. The third kappa shape index (κ3) is 4.90. The van der Waals surface area contributed by atoms with Gasteiger partial charge in [0.05, 0.1) is 13.2 Å². The highest BCUT2D eigenvalue weighted by Crippen LogP contribution is 2.11. The van der Waals surface area contributed by atoms with Crippen molar-refractivity contribution in [2.45, 2.75) is 13.5 Å². The molecule has 22 heavy (non-hydrogen) atoms. The van der Waals surface area contributed by atoms with Crippen molar-refractivity contribution in [3.8, 4) is 5.75 Å². The number of hydrogen-bond acceptors (Lipinski definition) is 3. The highest BCUT2D eigenvalue weighted by Gasteiger charge is 2.04. The van der Waals surface area contributed by atoms with Crippen LogP contribution in [0.1, 0.15) is 21.5 Å². The van der Waals surface area contributed by atoms with Gasteiger partial charge in [-0.3, -0.25) is 4.79 Å². The molecule has 0 aromatic heterocycles. The van der Waals surface area contributed by atoms with Crippen LogP contribution in [0, 0.1) is 6.92 Å². The Morgan fingerprint density at radius 3 is 2.36 bits per heavy atom. The fraction of sp³-hybridized carbons (Fsp3) is 0.278. The molecule has 0 saturated carbocycles. The zero-order valence-electron chi connectivity index (χ0n) is 13.0. The third-order valence-electron chi connectivity index (χ3n) is 3.20. The van der Waals surface area contributed by atoms with Crippen LogP contribution in [0.5, 0.6) is 5.75 Å². The van der Waals surface area contributed by atoms with Crippen molar-refractivity contribution in [3.63, 3.8) is 0 Å². The molecule has 2 aromatic rings. The summed E-state index contributed by atoms with van der Waals surface area (Å²) in [5.41, 5.74) is 2.87. The first-order chi connectivity index (χ1) is 10.7. The lowest BCUT2D eigenvalue weighted by Crippen LogP contribution is -2.28. The minimum atomic E-state index is -0.100. The summed E-state index contributed by atoms with van der Waals surface area (Å²) in [7, 11) is 1.65. The lowest BCUT2D eigenvalue weighted by atomic mass is 10.1. The number of aryl methyl sites for hydroxylation is 1. The predicted octanol–water partition coefficient (Wildman–Crippen LogP) is 2.95. The van der Waals surface area contributed by atoms with Gasteiger partial charge in [-0.15, -0.1) is 0 Å². The Balaban J connectivity index is 1.74. The van der Waals surface area contributed by atoms with Crippen LogP contribution in [-0.2, 0) is 11.3 Å². The van der Waals surface area contributed by atoms with Gasteiger partial charge in [-0.1, -0.05) is 29.8 Å². The normalized spacial score (nSPS) is 10.3. The topological polar surface area (TPSA) is 47.6 Å². The molecule has 4 heteroatoms. The number of ether oxygens (including phenoxy) is 2. The molecule has 0 spiro atoms. The van der Waals surface area contributed by atoms with E-state index >= 15 is 0 Å². The highest BCUT2D eigenvalue weighted by atomic mass is 16.5. The van der Waals surface area contributed by atoms with Crippen molar-refractivity contribution in [1.29, 1.82) is 0 Å². The molecule has 0 aliphatic heterocycles. The smallest absolute Gasteiger partial charge is 0.251 e. The van der Waals surface area contributed by atoms with Crippen molar-refractivity contribution >= 4 is 5.91 Å². The highest BCUT2D eigenvalue weighted by molar-refractivity contribution is 5.94. The summed E-state index contributed by atoms with van der Waals surface area (Å²) in [6.45, 7) is 3.48. The standard InChI is InChI=1S/C18H21NO3/c1-14-3-9-17(10-4-14)22-12-11-19-18(20)16-7-5-15(6-8-16)13-21-2/h3-10H,11-13H2,1-2H3,(H,19,20). The number of rotatable bonds is 7. The molecule has 0 aliphatic carbocycles. The molecule has 0 fully saturated rings. The molecule has 116 valence electrons. The van der Waals surface area contributed by atoms with Crippen LogP contribution in [0.2, 0.25) is 0 Å². The van der Waals surface area contributed by atoms with Crippen molar-refractivity contribution in [3.05, 3.63) is 65.2 Å². The summed E-state index contributed by atoms with van der Waals surface area (Å²) in [5, 5.41) is 2.84. The van der Waals surface area contributed by atoms with E-state index in [1.165, 1.54) is 5.56 Å². The van der Waals surface area contributed by atoms with Gasteiger partial charge in [-0.2, -0.15) is 0 Å². The van der Waals surface area contributed by atoms with Gasteiger partial charge in [-0.25, -0.2) is 0 Å². The Labute approximate surface area is 131 Å². The molecule has 1 amide bonds. The van der Waals surface area contributed by atoms with Crippen LogP contribution in [0.25, 0.3) is 0 Å². The van der Waals surface area contributed by atoms with Crippen LogP contribution in [-0.4, -0.2) is 26.2 Å². The second kappa shape index (κ2) is 8.20. The number of hydrogen-bond donors (Lipinski definition) is 1. The summed E-state index contributed by atoms with van der Waals surface area (Å²) >= 11 is 0. The van der Waals surface area contributed by atoms with Crippen LogP contribution >= 0.6 is 0 Å². The molecule has 2 aromatic carbocycles. The number of benzene rings is 2. The Bertz CT molecular complexity index is 591. The molecule has 0 heterocycles. The molecule has 0 aliphatic rings. The lowest BCUT2D eigenvalue weighted by Gasteiger charge is -2.08. The maximum Gasteiger partial charge on any atom is 0.251 e. The van der Waals surface area contributed by atoms with E-state index < -0.39 is 0 Å². The van der Waals surface area contributed by atoms with Crippen molar-refractivity contribution < 1.29 is 14.3 Å². The van der Waals surface area contributed by atoms with E-state index in [1.54, 1.807) is 19.2 Å². The van der Waals surface area contributed by atoms with E-state index in [1.807, 2.05) is 43.3 Å². The van der Waals surface area contributed by atoms with Crippen molar-refractivity contribution in [1.82, 2.24) is 5.32 Å². The zero-order chi connectivity index (χ0) is 15.8. The first-order valence-corrected chi connectivity index (χ1v) is 7.24. The Morgan fingerprint density at radius 2 is 1.73 bits per heavy atom. The number of carbonyl (C=O) groups is 1. The largest absolute Gasteiger partial charge is 0.492 e. The van der Waals surface area contributed by atoms with E-state index in [0.29, 0.717) is 25.3 Å². The maximum absolute atomic E-state index is 12.0. The van der Waals surface area contributed by atoms with E-state index in [2.05, 4.69) is 5.32 Å². The third-order valence-corrected chi connectivity index (χ3v) is 3.20. The first-order valence-electron chi connectivity index (χ1n) is 7.24. The molecule has 0 bridgehead atoms. The molecule has 1 N–H and O–H groups in total. The SMILES string of the molecule is COCc1ccc(C(=O)NCCOc2ccc(C)cc2)cc1. The number of amides is 1. The molecular formula is C18H21NO3. The fourth-order valence-corrected chi connectivity index (χ4v) is 1.99. The predicted molar refractivity (Wildman–Crippen MR) is 86.2 cm³/mol. The van der Waals surface area contributed by atoms with Crippen molar-refractivity contribution in [2.24, 2.45) is 0 Å². The summed E-state index contributed by atoms with van der Waals surface area (Å²) in [4.78, 5) is 12.0. The van der Waals surface area contributed by atoms with Gasteiger partial charge in [-0.05, 0) is 36.8 Å². The Morgan fingerprint density at radius 1 is 1.05 bits per heavy atom. The summed E-state index contributed by atoms with van der Waals surface area (Å²) in [6, 6.07) is 15.2. The van der Waals surface area contributed by atoms with Gasteiger partial charge in [0.25, 0.3) is 5.91 Å². The average Bonchev–Trinajstić information content (AvgIpc) is 2.54. The quantitative estimate of drug-likeness (QED) is 0.800. The van der Waals surface area contributed by atoms with Gasteiger partial charge >= 0.3 is 0 Å². The van der Waals surface area contributed by atoms with Crippen LogP contribution in [0.15, 0.2) is 48.5 Å². The number of methoxy groups -OCH3 is 1. The summed E-state index contributed by atoms with van der Waals surface area (Å²) in [6.07, 6.45) is 0. The van der Waals surface area contributed by atoms with Gasteiger partial charge in [0, 0.05) is 12.7 Å². The van der Waals surface area contributed by atoms with Crippen LogP contribution in [0.3, 0.4) is 0 Å². The molecule has 0 saturated heterocycles. The fourth-order valence-electron chi connectivity index (χ4n) is 1.99.